The molecule has 4 heteroatoms. The molecule has 0 aromatic heterocycles. The first kappa shape index (κ1) is 23.3. The highest BCUT2D eigenvalue weighted by atomic mass is 16.5. The van der Waals surface area contributed by atoms with Gasteiger partial charge in [-0.25, -0.2) is 0 Å². The molecule has 4 nitrogen and oxygen atoms in total. The molecular weight excluding hydrogens is 384 g/mol. The van der Waals surface area contributed by atoms with E-state index in [0.717, 1.165) is 63.2 Å². The lowest BCUT2D eigenvalue weighted by Gasteiger charge is -2.42. The molecule has 1 saturated heterocycles. The van der Waals surface area contributed by atoms with Gasteiger partial charge in [-0.1, -0.05) is 44.2 Å². The Morgan fingerprint density at radius 3 is 2.45 bits per heavy atom. The van der Waals surface area contributed by atoms with Crippen LogP contribution < -0.4 is 10.1 Å². The molecule has 2 heterocycles. The third kappa shape index (κ3) is 5.12. The quantitative estimate of drug-likeness (QED) is 0.695. The van der Waals surface area contributed by atoms with Crippen LogP contribution >= 0.6 is 0 Å². The Bertz CT molecular complexity index is 835. The van der Waals surface area contributed by atoms with Gasteiger partial charge in [0.1, 0.15) is 11.4 Å². The van der Waals surface area contributed by atoms with Crippen LogP contribution in [0.5, 0.6) is 5.75 Å². The zero-order valence-electron chi connectivity index (χ0n) is 19.6. The number of amides is 1. The van der Waals surface area contributed by atoms with E-state index < -0.39 is 0 Å². The second kappa shape index (κ2) is 10.8. The van der Waals surface area contributed by atoms with E-state index in [2.05, 4.69) is 41.7 Å². The van der Waals surface area contributed by atoms with Crippen molar-refractivity contribution >= 4 is 5.91 Å². The number of nitrogens with one attached hydrogen (secondary N) is 1. The number of hydrogen-bond donors (Lipinski definition) is 1. The number of nitrogens with zero attached hydrogens (tertiary/aromatic N) is 1. The standard InChI is InChI=1S/C25H32N2O2.C2H6/c1-3-27(4-2)24(28)20-12-10-19(11-13-20)22-18-25(14-7-16-26-17-15-25)29-23-9-6-5-8-21(22)23;1-2/h5-6,8-13,22,26H,3-4,7,14-18H2,1-2H3;1-2H3. The SMILES string of the molecule is CC.CCN(CC)C(=O)c1ccc(C2CC3(CCCNCC3)Oc3ccccc32)cc1. The Kier molecular flexibility index (Phi) is 8.14. The van der Waals surface area contributed by atoms with Gasteiger partial charge in [-0.15, -0.1) is 0 Å². The van der Waals surface area contributed by atoms with Gasteiger partial charge < -0.3 is 15.0 Å². The summed E-state index contributed by atoms with van der Waals surface area (Å²) in [6, 6.07) is 16.7. The van der Waals surface area contributed by atoms with Crippen LogP contribution in [0.3, 0.4) is 0 Å². The number of ether oxygens (including phenoxy) is 1. The second-order valence-corrected chi connectivity index (χ2v) is 8.28. The fourth-order valence-corrected chi connectivity index (χ4v) is 4.87. The molecule has 0 aliphatic carbocycles. The zero-order valence-corrected chi connectivity index (χ0v) is 19.6. The summed E-state index contributed by atoms with van der Waals surface area (Å²) >= 11 is 0. The molecule has 1 amide bonds. The van der Waals surface area contributed by atoms with Crippen LogP contribution in [0.15, 0.2) is 48.5 Å². The van der Waals surface area contributed by atoms with Crippen molar-refractivity contribution in [1.82, 2.24) is 10.2 Å². The van der Waals surface area contributed by atoms with Crippen LogP contribution in [-0.4, -0.2) is 42.6 Å². The predicted octanol–water partition coefficient (Wildman–Crippen LogP) is 5.62. The summed E-state index contributed by atoms with van der Waals surface area (Å²) in [5.74, 6) is 1.44. The maximum atomic E-state index is 12.7. The predicted molar refractivity (Wildman–Crippen MR) is 128 cm³/mol. The van der Waals surface area contributed by atoms with Crippen molar-refractivity contribution in [2.75, 3.05) is 26.2 Å². The van der Waals surface area contributed by atoms with Gasteiger partial charge in [-0.05, 0) is 76.4 Å². The molecule has 4 rings (SSSR count). The Balaban J connectivity index is 0.00000132. The van der Waals surface area contributed by atoms with Gasteiger partial charge in [0, 0.05) is 30.1 Å². The van der Waals surface area contributed by atoms with E-state index in [9.17, 15) is 4.79 Å². The lowest BCUT2D eigenvalue weighted by atomic mass is 9.75. The van der Waals surface area contributed by atoms with Crippen molar-refractivity contribution < 1.29 is 9.53 Å². The molecule has 2 aromatic carbocycles. The maximum Gasteiger partial charge on any atom is 0.253 e. The highest BCUT2D eigenvalue weighted by molar-refractivity contribution is 5.94. The lowest BCUT2D eigenvalue weighted by molar-refractivity contribution is 0.0281. The molecular formula is C27H38N2O2. The molecule has 0 radical (unpaired) electrons. The van der Waals surface area contributed by atoms with Gasteiger partial charge >= 0.3 is 0 Å². The number of carbonyl (C=O) groups is 1. The van der Waals surface area contributed by atoms with E-state index in [0.29, 0.717) is 5.92 Å². The average molecular weight is 423 g/mol. The van der Waals surface area contributed by atoms with E-state index >= 15 is 0 Å². The lowest BCUT2D eigenvalue weighted by Crippen LogP contribution is -2.42. The highest BCUT2D eigenvalue weighted by Gasteiger charge is 2.41. The summed E-state index contributed by atoms with van der Waals surface area (Å²) < 4.78 is 6.61. The number of fused-ring (bicyclic) bond motifs is 1. The molecule has 168 valence electrons. The molecule has 0 bridgehead atoms. The van der Waals surface area contributed by atoms with E-state index in [1.807, 2.05) is 44.7 Å². The largest absolute Gasteiger partial charge is 0.487 e. The van der Waals surface area contributed by atoms with Crippen molar-refractivity contribution in [2.24, 2.45) is 0 Å². The summed E-state index contributed by atoms with van der Waals surface area (Å²) in [6.45, 7) is 11.6. The molecule has 1 N–H and O–H groups in total. The van der Waals surface area contributed by atoms with E-state index in [1.165, 1.54) is 11.1 Å². The van der Waals surface area contributed by atoms with Gasteiger partial charge in [0.15, 0.2) is 0 Å². The van der Waals surface area contributed by atoms with Gasteiger partial charge in [0.2, 0.25) is 0 Å². The monoisotopic (exact) mass is 422 g/mol. The number of para-hydroxylation sites is 1. The van der Waals surface area contributed by atoms with Crippen LogP contribution in [-0.2, 0) is 0 Å². The molecule has 2 unspecified atom stereocenters. The minimum atomic E-state index is -0.0990. The Labute approximate surface area is 188 Å². The molecule has 31 heavy (non-hydrogen) atoms. The van der Waals surface area contributed by atoms with Gasteiger partial charge in [-0.2, -0.15) is 0 Å². The highest BCUT2D eigenvalue weighted by Crippen LogP contribution is 2.47. The Morgan fingerprint density at radius 2 is 1.74 bits per heavy atom. The molecule has 0 saturated carbocycles. The number of hydrogen-bond acceptors (Lipinski definition) is 3. The Hall–Kier alpha value is -2.33. The van der Waals surface area contributed by atoms with Crippen LogP contribution in [0.4, 0.5) is 0 Å². The van der Waals surface area contributed by atoms with E-state index in [-0.39, 0.29) is 11.5 Å². The van der Waals surface area contributed by atoms with Crippen LogP contribution in [0.1, 0.15) is 80.8 Å². The molecule has 1 spiro atoms. The zero-order chi connectivity index (χ0) is 22.3. The van der Waals surface area contributed by atoms with Crippen LogP contribution in [0, 0.1) is 0 Å². The third-order valence-corrected chi connectivity index (χ3v) is 6.55. The molecule has 1 fully saturated rings. The summed E-state index contributed by atoms with van der Waals surface area (Å²) in [5.41, 5.74) is 3.20. The topological polar surface area (TPSA) is 41.6 Å². The normalized spacial score (nSPS) is 22.4. The van der Waals surface area contributed by atoms with Gasteiger partial charge in [0.25, 0.3) is 5.91 Å². The van der Waals surface area contributed by atoms with Crippen molar-refractivity contribution in [3.8, 4) is 5.75 Å². The molecule has 2 aromatic rings. The molecule has 2 aliphatic rings. The average Bonchev–Trinajstić information content (AvgIpc) is 3.06. The maximum absolute atomic E-state index is 12.7. The van der Waals surface area contributed by atoms with Crippen molar-refractivity contribution in [1.29, 1.82) is 0 Å². The first-order valence-electron chi connectivity index (χ1n) is 12.0. The number of rotatable bonds is 4. The van der Waals surface area contributed by atoms with E-state index in [4.69, 9.17) is 4.74 Å². The minimum Gasteiger partial charge on any atom is -0.487 e. The fourth-order valence-electron chi connectivity index (χ4n) is 4.87. The van der Waals surface area contributed by atoms with Gasteiger partial charge in [-0.3, -0.25) is 4.79 Å². The van der Waals surface area contributed by atoms with Crippen LogP contribution in [0.25, 0.3) is 0 Å². The molecule has 2 aliphatic heterocycles. The fraction of sp³-hybridized carbons (Fsp3) is 0.519. The van der Waals surface area contributed by atoms with Crippen molar-refractivity contribution in [2.45, 2.75) is 64.9 Å². The van der Waals surface area contributed by atoms with Crippen molar-refractivity contribution in [3.05, 3.63) is 65.2 Å². The summed E-state index contributed by atoms with van der Waals surface area (Å²) in [6.07, 6.45) is 4.26. The smallest absolute Gasteiger partial charge is 0.253 e. The first-order valence-corrected chi connectivity index (χ1v) is 12.0. The van der Waals surface area contributed by atoms with E-state index in [1.54, 1.807) is 0 Å². The first-order chi connectivity index (χ1) is 15.2. The summed E-state index contributed by atoms with van der Waals surface area (Å²) in [7, 11) is 0. The summed E-state index contributed by atoms with van der Waals surface area (Å²) in [4.78, 5) is 14.5. The summed E-state index contributed by atoms with van der Waals surface area (Å²) in [5, 5.41) is 3.52. The number of benzene rings is 2. The second-order valence-electron chi connectivity index (χ2n) is 8.28. The molecule has 2 atom stereocenters. The minimum absolute atomic E-state index is 0.0990. The van der Waals surface area contributed by atoms with Crippen LogP contribution in [0.2, 0.25) is 0 Å². The third-order valence-electron chi connectivity index (χ3n) is 6.55. The van der Waals surface area contributed by atoms with Crippen molar-refractivity contribution in [3.63, 3.8) is 0 Å². The number of carbonyl (C=O) groups excluding carboxylic acids is 1. The van der Waals surface area contributed by atoms with Gasteiger partial charge in [0.05, 0.1) is 0 Å². The Morgan fingerprint density at radius 1 is 1.03 bits per heavy atom.